The largest absolute Gasteiger partial charge is 0.478 e. The monoisotopic (exact) mass is 415 g/mol. The van der Waals surface area contributed by atoms with Crippen LogP contribution in [-0.2, 0) is 9.53 Å². The van der Waals surface area contributed by atoms with Gasteiger partial charge in [0, 0.05) is 12.7 Å². The summed E-state index contributed by atoms with van der Waals surface area (Å²) in [6.45, 7) is 4.66. The number of aromatic nitrogens is 2. The van der Waals surface area contributed by atoms with Gasteiger partial charge in [-0.25, -0.2) is 14.4 Å². The van der Waals surface area contributed by atoms with Crippen LogP contribution in [0.3, 0.4) is 0 Å². The lowest BCUT2D eigenvalue weighted by atomic mass is 10.0. The van der Waals surface area contributed by atoms with Crippen LogP contribution >= 0.6 is 0 Å². The van der Waals surface area contributed by atoms with Crippen LogP contribution in [0.5, 0.6) is 5.75 Å². The van der Waals surface area contributed by atoms with Crippen molar-refractivity contribution in [3.63, 3.8) is 0 Å². The van der Waals surface area contributed by atoms with Crippen LogP contribution in [0, 0.1) is 5.82 Å². The van der Waals surface area contributed by atoms with E-state index >= 15 is 0 Å². The number of amides is 1. The maximum absolute atomic E-state index is 13.3. The smallest absolute Gasteiger partial charge is 0.230 e. The van der Waals surface area contributed by atoms with E-state index in [9.17, 15) is 9.18 Å². The minimum Gasteiger partial charge on any atom is -0.478 e. The van der Waals surface area contributed by atoms with Gasteiger partial charge >= 0.3 is 0 Å². The van der Waals surface area contributed by atoms with Gasteiger partial charge in [0.15, 0.2) is 23.1 Å². The van der Waals surface area contributed by atoms with Crippen molar-refractivity contribution in [3.05, 3.63) is 30.2 Å². The number of nitrogen functional groups attached to an aromatic ring is 1. The average molecular weight is 415 g/mol. The third kappa shape index (κ3) is 3.59. The van der Waals surface area contributed by atoms with E-state index in [1.165, 1.54) is 5.01 Å². The number of hydrogen-bond donors (Lipinski definition) is 2. The third-order valence-electron chi connectivity index (χ3n) is 4.88. The Morgan fingerprint density at radius 1 is 1.43 bits per heavy atom. The van der Waals surface area contributed by atoms with Gasteiger partial charge in [-0.05, 0) is 32.0 Å². The summed E-state index contributed by atoms with van der Waals surface area (Å²) in [7, 11) is 1.85. The van der Waals surface area contributed by atoms with E-state index in [1.54, 1.807) is 12.1 Å². The molecule has 0 radical (unpaired) electrons. The number of hydrazone groups is 1. The fourth-order valence-electron chi connectivity index (χ4n) is 3.22. The highest BCUT2D eigenvalue weighted by Crippen LogP contribution is 2.39. The molecule has 1 saturated heterocycles. The molecule has 2 aliphatic heterocycles. The molecule has 0 unspecified atom stereocenters. The maximum Gasteiger partial charge on any atom is 0.230 e. The molecule has 1 fully saturated rings. The number of carbonyl (C=O) groups excluding carboxylic acids is 1. The predicted octanol–water partition coefficient (Wildman–Crippen LogP) is 1.72. The van der Waals surface area contributed by atoms with Gasteiger partial charge in [0.1, 0.15) is 11.8 Å². The Morgan fingerprint density at radius 3 is 2.83 bits per heavy atom. The molecule has 0 spiro atoms. The van der Waals surface area contributed by atoms with Crippen molar-refractivity contribution in [2.24, 2.45) is 5.10 Å². The highest BCUT2D eigenvalue weighted by molar-refractivity contribution is 6.06. The van der Waals surface area contributed by atoms with E-state index in [2.05, 4.69) is 20.4 Å². The van der Waals surface area contributed by atoms with Gasteiger partial charge in [-0.1, -0.05) is 0 Å². The van der Waals surface area contributed by atoms with Crippen LogP contribution in [0.15, 0.2) is 29.5 Å². The normalized spacial score (nSPS) is 18.9. The molecule has 2 aliphatic rings. The number of halogens is 1. The summed E-state index contributed by atoms with van der Waals surface area (Å²) in [6.07, 6.45) is 1.69. The first-order valence-electron chi connectivity index (χ1n) is 9.31. The number of likely N-dealkylation sites (N-methyl/N-ethyl adjacent to an activating group) is 1. The molecule has 0 aliphatic carbocycles. The minimum atomic E-state index is -0.767. The van der Waals surface area contributed by atoms with Gasteiger partial charge in [-0.2, -0.15) is 10.1 Å². The minimum absolute atomic E-state index is 0.0883. The van der Waals surface area contributed by atoms with Gasteiger partial charge < -0.3 is 25.4 Å². The van der Waals surface area contributed by atoms with Gasteiger partial charge in [0.2, 0.25) is 12.4 Å². The molecule has 2 aromatic rings. The lowest BCUT2D eigenvalue weighted by molar-refractivity contribution is -0.131. The number of carbonyl (C=O) groups is 1. The Kier molecular flexibility index (Phi) is 4.90. The van der Waals surface area contributed by atoms with Crippen LogP contribution in [0.4, 0.5) is 27.5 Å². The van der Waals surface area contributed by atoms with Crippen LogP contribution in [0.2, 0.25) is 0 Å². The molecular weight excluding hydrogens is 393 g/mol. The van der Waals surface area contributed by atoms with E-state index in [-0.39, 0.29) is 17.8 Å². The summed E-state index contributed by atoms with van der Waals surface area (Å²) in [5, 5.41) is 8.90. The topological polar surface area (TPSA) is 118 Å². The third-order valence-corrected chi connectivity index (χ3v) is 4.88. The van der Waals surface area contributed by atoms with E-state index < -0.39 is 11.4 Å². The standard InChI is InChI=1S/C19H22FN7O3/c1-19(2)17(25-27(10-28)12-8-29-9-12)26(3)14-6-11(4-5-15(14)30-19)23-18-22-7-13(20)16(21)24-18/h4-7,10,12H,8-9H2,1-3H3,(H3,21,22,23,24)/b25-17-. The van der Waals surface area contributed by atoms with Crippen LogP contribution in [-0.4, -0.2) is 59.1 Å². The number of ether oxygens (including phenoxy) is 2. The highest BCUT2D eigenvalue weighted by atomic mass is 19.1. The molecular formula is C19H22FN7O3. The zero-order chi connectivity index (χ0) is 21.5. The first kappa shape index (κ1) is 19.8. The molecule has 1 aromatic carbocycles. The van der Waals surface area contributed by atoms with Gasteiger partial charge in [0.05, 0.1) is 25.1 Å². The Morgan fingerprint density at radius 2 is 2.20 bits per heavy atom. The molecule has 0 saturated carbocycles. The predicted molar refractivity (Wildman–Crippen MR) is 109 cm³/mol. The van der Waals surface area contributed by atoms with Crippen LogP contribution in [0.25, 0.3) is 0 Å². The average Bonchev–Trinajstić information content (AvgIpc) is 2.66. The van der Waals surface area contributed by atoms with Gasteiger partial charge in [0.25, 0.3) is 0 Å². The lowest BCUT2D eigenvalue weighted by Gasteiger charge is -2.41. The van der Waals surface area contributed by atoms with E-state index in [4.69, 9.17) is 15.2 Å². The second-order valence-corrected chi connectivity index (χ2v) is 7.51. The molecule has 3 heterocycles. The molecule has 1 amide bonds. The van der Waals surface area contributed by atoms with Crippen molar-refractivity contribution in [2.45, 2.75) is 25.5 Å². The number of anilines is 4. The van der Waals surface area contributed by atoms with Crippen molar-refractivity contribution in [2.75, 3.05) is 36.2 Å². The van der Waals surface area contributed by atoms with E-state index in [1.807, 2.05) is 31.9 Å². The number of rotatable bonds is 5. The second kappa shape index (κ2) is 7.41. The SMILES string of the molecule is CN1/C(=N\N(C=O)C2COC2)C(C)(C)Oc2ccc(Nc3ncc(F)c(N)n3)cc21. The Hall–Kier alpha value is -3.47. The Bertz CT molecular complexity index is 1010. The number of nitrogens with two attached hydrogens (primary N) is 1. The Labute approximate surface area is 172 Å². The van der Waals surface area contributed by atoms with Crippen molar-refractivity contribution in [1.29, 1.82) is 0 Å². The van der Waals surface area contributed by atoms with Crippen molar-refractivity contribution in [3.8, 4) is 5.75 Å². The zero-order valence-electron chi connectivity index (χ0n) is 16.8. The summed E-state index contributed by atoms with van der Waals surface area (Å²) in [5.41, 5.74) is 6.11. The number of nitrogens with zero attached hydrogens (tertiary/aromatic N) is 5. The second-order valence-electron chi connectivity index (χ2n) is 7.51. The van der Waals surface area contributed by atoms with Crippen molar-refractivity contribution in [1.82, 2.24) is 15.0 Å². The summed E-state index contributed by atoms with van der Waals surface area (Å²) in [4.78, 5) is 21.2. The van der Waals surface area contributed by atoms with Gasteiger partial charge in [-0.15, -0.1) is 0 Å². The molecule has 0 bridgehead atoms. The number of benzene rings is 1. The summed E-state index contributed by atoms with van der Waals surface area (Å²) in [5.74, 6) is 0.457. The number of nitrogens with one attached hydrogen (secondary N) is 1. The Balaban J connectivity index is 1.65. The molecule has 11 heteroatoms. The maximum atomic E-state index is 13.3. The number of amidine groups is 1. The molecule has 4 rings (SSSR count). The molecule has 30 heavy (non-hydrogen) atoms. The van der Waals surface area contributed by atoms with Gasteiger partial charge in [-0.3, -0.25) is 4.79 Å². The van der Waals surface area contributed by atoms with Crippen molar-refractivity contribution < 1.29 is 18.7 Å². The van der Waals surface area contributed by atoms with E-state index in [0.717, 1.165) is 11.9 Å². The molecule has 0 atom stereocenters. The van der Waals surface area contributed by atoms with Crippen LogP contribution < -0.4 is 20.7 Å². The van der Waals surface area contributed by atoms with Crippen molar-refractivity contribution >= 4 is 35.4 Å². The fraction of sp³-hybridized carbons (Fsp3) is 0.368. The highest BCUT2D eigenvalue weighted by Gasteiger charge is 2.39. The number of fused-ring (bicyclic) bond motifs is 1. The molecule has 3 N–H and O–H groups in total. The summed E-state index contributed by atoms with van der Waals surface area (Å²) < 4.78 is 24.6. The molecule has 1 aromatic heterocycles. The van der Waals surface area contributed by atoms with Crippen LogP contribution in [0.1, 0.15) is 13.8 Å². The fourth-order valence-corrected chi connectivity index (χ4v) is 3.22. The zero-order valence-corrected chi connectivity index (χ0v) is 16.8. The number of hydrogen-bond acceptors (Lipinski definition) is 8. The first-order valence-corrected chi connectivity index (χ1v) is 9.31. The quantitative estimate of drug-likeness (QED) is 0.560. The summed E-state index contributed by atoms with van der Waals surface area (Å²) in [6, 6.07) is 5.32. The summed E-state index contributed by atoms with van der Waals surface area (Å²) >= 11 is 0. The first-order chi connectivity index (χ1) is 14.3. The molecule has 158 valence electrons. The molecule has 10 nitrogen and oxygen atoms in total. The lowest BCUT2D eigenvalue weighted by Crippen LogP contribution is -2.54. The van der Waals surface area contributed by atoms with E-state index in [0.29, 0.717) is 36.9 Å².